The first-order valence-corrected chi connectivity index (χ1v) is 5.79. The van der Waals surface area contributed by atoms with E-state index < -0.39 is 0 Å². The zero-order valence-corrected chi connectivity index (χ0v) is 10.2. The van der Waals surface area contributed by atoms with E-state index in [0.717, 1.165) is 11.1 Å². The van der Waals surface area contributed by atoms with Crippen molar-refractivity contribution in [3.8, 4) is 16.9 Å². The van der Waals surface area contributed by atoms with E-state index in [1.807, 2.05) is 48.5 Å². The number of hydrogen-bond donors (Lipinski definition) is 1. The average Bonchev–Trinajstić information content (AvgIpc) is 2.51. The first-order valence-electron chi connectivity index (χ1n) is 5.79. The molecule has 2 aromatic carbocycles. The van der Waals surface area contributed by atoms with Crippen molar-refractivity contribution < 1.29 is 5.11 Å². The van der Waals surface area contributed by atoms with E-state index in [1.54, 1.807) is 24.5 Å². The van der Waals surface area contributed by atoms with Gasteiger partial charge in [0, 0.05) is 5.56 Å². The monoisotopic (exact) mass is 251 g/mol. The number of phenolic OH excluding ortho intramolecular Hbond substituents is 1. The number of aromatic hydroxyl groups is 1. The van der Waals surface area contributed by atoms with Crippen molar-refractivity contribution in [1.29, 1.82) is 0 Å². The predicted octanol–water partition coefficient (Wildman–Crippen LogP) is 2.93. The smallest absolute Gasteiger partial charge is 0.123 e. The van der Waals surface area contributed by atoms with Crippen LogP contribution in [0.3, 0.4) is 0 Å². The largest absolute Gasteiger partial charge is 0.507 e. The van der Waals surface area contributed by atoms with Crippen molar-refractivity contribution >= 4 is 0 Å². The number of aromatic nitrogens is 3. The van der Waals surface area contributed by atoms with Gasteiger partial charge in [0.15, 0.2) is 0 Å². The highest BCUT2D eigenvalue weighted by Crippen LogP contribution is 2.27. The summed E-state index contributed by atoms with van der Waals surface area (Å²) in [5, 5.41) is 19.7. The molecule has 4 nitrogen and oxygen atoms in total. The fourth-order valence-electron chi connectivity index (χ4n) is 1.54. The molecule has 19 heavy (non-hydrogen) atoms. The summed E-state index contributed by atoms with van der Waals surface area (Å²) >= 11 is 0. The third-order valence-corrected chi connectivity index (χ3v) is 2.40. The number of benzene rings is 2. The van der Waals surface area contributed by atoms with Gasteiger partial charge < -0.3 is 5.11 Å². The molecule has 3 aromatic rings. The van der Waals surface area contributed by atoms with E-state index in [-0.39, 0.29) is 0 Å². The van der Waals surface area contributed by atoms with Crippen LogP contribution in [0.4, 0.5) is 0 Å². The van der Waals surface area contributed by atoms with Gasteiger partial charge >= 0.3 is 0 Å². The van der Waals surface area contributed by atoms with Crippen molar-refractivity contribution in [3.63, 3.8) is 0 Å². The second-order valence-corrected chi connectivity index (χ2v) is 3.69. The molecule has 0 aliphatic carbocycles. The van der Waals surface area contributed by atoms with Gasteiger partial charge in [-0.05, 0) is 22.9 Å². The molecule has 4 heteroatoms. The summed E-state index contributed by atoms with van der Waals surface area (Å²) in [6.45, 7) is 0. The minimum Gasteiger partial charge on any atom is -0.507 e. The maximum absolute atomic E-state index is 9.56. The maximum Gasteiger partial charge on any atom is 0.123 e. The molecule has 0 bridgehead atoms. The van der Waals surface area contributed by atoms with Gasteiger partial charge in [0.2, 0.25) is 0 Å². The van der Waals surface area contributed by atoms with Crippen LogP contribution < -0.4 is 0 Å². The van der Waals surface area contributed by atoms with Crippen LogP contribution in [0.1, 0.15) is 0 Å². The molecule has 1 N–H and O–H groups in total. The molecule has 0 unspecified atom stereocenters. The number of para-hydroxylation sites is 1. The number of hydrogen-bond acceptors (Lipinski definition) is 4. The lowest BCUT2D eigenvalue weighted by atomic mass is 10.1. The summed E-state index contributed by atoms with van der Waals surface area (Å²) in [4.78, 5) is 0. The minimum absolute atomic E-state index is 0.328. The Balaban J connectivity index is 0.000000186. The lowest BCUT2D eigenvalue weighted by Crippen LogP contribution is -1.78. The number of phenols is 1. The van der Waals surface area contributed by atoms with Crippen LogP contribution in [0, 0.1) is 0 Å². The maximum atomic E-state index is 9.56. The number of rotatable bonds is 1. The Hall–Kier alpha value is -2.75. The molecule has 0 fully saturated rings. The molecule has 0 saturated heterocycles. The molecular weight excluding hydrogens is 238 g/mol. The lowest BCUT2D eigenvalue weighted by molar-refractivity contribution is 0.477. The van der Waals surface area contributed by atoms with Crippen LogP contribution in [-0.2, 0) is 0 Å². The first-order chi connectivity index (χ1) is 9.38. The van der Waals surface area contributed by atoms with Gasteiger partial charge in [-0.1, -0.05) is 48.5 Å². The molecule has 0 saturated carbocycles. The summed E-state index contributed by atoms with van der Waals surface area (Å²) in [7, 11) is 0. The van der Waals surface area contributed by atoms with Crippen molar-refractivity contribution in [2.45, 2.75) is 0 Å². The van der Waals surface area contributed by atoms with E-state index in [1.165, 1.54) is 0 Å². The van der Waals surface area contributed by atoms with E-state index in [0.29, 0.717) is 5.75 Å². The summed E-state index contributed by atoms with van der Waals surface area (Å²) in [6.07, 6.45) is 3.15. The molecule has 0 aliphatic rings. The quantitative estimate of drug-likeness (QED) is 0.722. The van der Waals surface area contributed by atoms with Crippen molar-refractivity contribution in [2.24, 2.45) is 0 Å². The molecule has 3 rings (SSSR count). The Morgan fingerprint density at radius 3 is 1.84 bits per heavy atom. The van der Waals surface area contributed by atoms with Crippen LogP contribution in [-0.4, -0.2) is 20.5 Å². The van der Waals surface area contributed by atoms with Crippen molar-refractivity contribution in [3.05, 3.63) is 73.1 Å². The zero-order chi connectivity index (χ0) is 13.3. The number of nitrogens with zero attached hydrogens (tertiary/aromatic N) is 3. The molecule has 0 spiro atoms. The Labute approximate surface area is 111 Å². The van der Waals surface area contributed by atoms with Gasteiger partial charge in [-0.15, -0.1) is 10.2 Å². The third-order valence-electron chi connectivity index (χ3n) is 2.40. The standard InChI is InChI=1S/C12H10O.C3H3N3/c13-12-9-5-4-8-11(12)10-6-2-1-3-7-10;1-2-4-6-5-3-1/h1-9,13H;1-3H. The summed E-state index contributed by atoms with van der Waals surface area (Å²) in [5.74, 6) is 0.328. The van der Waals surface area contributed by atoms with Crippen LogP contribution in [0.25, 0.3) is 11.1 Å². The van der Waals surface area contributed by atoms with Gasteiger partial charge in [0.05, 0.1) is 12.4 Å². The zero-order valence-electron chi connectivity index (χ0n) is 10.2. The first kappa shape index (κ1) is 12.7. The summed E-state index contributed by atoms with van der Waals surface area (Å²) in [6, 6.07) is 18.9. The molecule has 0 amide bonds. The molecule has 94 valence electrons. The van der Waals surface area contributed by atoms with E-state index in [9.17, 15) is 5.11 Å². The fourth-order valence-corrected chi connectivity index (χ4v) is 1.54. The Kier molecular flexibility index (Phi) is 4.58. The summed E-state index contributed by atoms with van der Waals surface area (Å²) in [5.41, 5.74) is 1.92. The normalized spacial score (nSPS) is 9.26. The lowest BCUT2D eigenvalue weighted by Gasteiger charge is -2.02. The molecule has 1 aromatic heterocycles. The van der Waals surface area contributed by atoms with E-state index in [2.05, 4.69) is 15.4 Å². The Bertz CT molecular complexity index is 573. The van der Waals surface area contributed by atoms with Gasteiger partial charge in [-0.2, -0.15) is 0 Å². The minimum atomic E-state index is 0.328. The topological polar surface area (TPSA) is 58.9 Å². The van der Waals surface area contributed by atoms with Crippen LogP contribution >= 0.6 is 0 Å². The Morgan fingerprint density at radius 2 is 1.32 bits per heavy atom. The van der Waals surface area contributed by atoms with Gasteiger partial charge in [-0.25, -0.2) is 0 Å². The second-order valence-electron chi connectivity index (χ2n) is 3.69. The highest BCUT2D eigenvalue weighted by molar-refractivity contribution is 5.69. The molecule has 0 aliphatic heterocycles. The molecule has 1 heterocycles. The van der Waals surface area contributed by atoms with Gasteiger partial charge in [0.25, 0.3) is 0 Å². The van der Waals surface area contributed by atoms with Gasteiger partial charge in [0.1, 0.15) is 5.75 Å². The summed E-state index contributed by atoms with van der Waals surface area (Å²) < 4.78 is 0. The van der Waals surface area contributed by atoms with Crippen molar-refractivity contribution in [1.82, 2.24) is 15.4 Å². The van der Waals surface area contributed by atoms with Crippen LogP contribution in [0.5, 0.6) is 5.75 Å². The van der Waals surface area contributed by atoms with Crippen molar-refractivity contribution in [2.75, 3.05) is 0 Å². The molecule has 0 atom stereocenters. The predicted molar refractivity (Wildman–Crippen MR) is 73.4 cm³/mol. The molecule has 0 radical (unpaired) electrons. The fraction of sp³-hybridized carbons (Fsp3) is 0. The SMILES string of the molecule is Oc1ccccc1-c1ccccc1.c1cnnnc1. The van der Waals surface area contributed by atoms with Crippen LogP contribution in [0.2, 0.25) is 0 Å². The second kappa shape index (κ2) is 6.86. The highest BCUT2D eigenvalue weighted by Gasteiger charge is 2.00. The highest BCUT2D eigenvalue weighted by atomic mass is 16.3. The van der Waals surface area contributed by atoms with Crippen LogP contribution in [0.15, 0.2) is 73.1 Å². The van der Waals surface area contributed by atoms with E-state index in [4.69, 9.17) is 0 Å². The van der Waals surface area contributed by atoms with E-state index >= 15 is 0 Å². The third kappa shape index (κ3) is 3.89. The Morgan fingerprint density at radius 1 is 0.684 bits per heavy atom. The van der Waals surface area contributed by atoms with Gasteiger partial charge in [-0.3, -0.25) is 0 Å². The average molecular weight is 251 g/mol. The molecular formula is C15H13N3O.